The quantitative estimate of drug-likeness (QED) is 0.822. The third-order valence-electron chi connectivity index (χ3n) is 5.14. The molecule has 0 radical (unpaired) electrons. The number of carbonyl (C=O) groups excluding carboxylic acids is 2. The van der Waals surface area contributed by atoms with Crippen LogP contribution >= 0.6 is 0 Å². The first-order chi connectivity index (χ1) is 12.7. The van der Waals surface area contributed by atoms with Gasteiger partial charge >= 0.3 is 0 Å². The van der Waals surface area contributed by atoms with Crippen LogP contribution < -0.4 is 10.2 Å². The Morgan fingerprint density at radius 2 is 1.92 bits per heavy atom. The van der Waals surface area contributed by atoms with Crippen LogP contribution in [0.25, 0.3) is 0 Å². The number of piperazine rings is 1. The Kier molecular flexibility index (Phi) is 4.36. The molecule has 1 aliphatic heterocycles. The molecule has 0 bridgehead atoms. The van der Waals surface area contributed by atoms with Crippen molar-refractivity contribution in [3.05, 3.63) is 48.6 Å². The van der Waals surface area contributed by atoms with Gasteiger partial charge in [-0.25, -0.2) is 4.98 Å². The second-order valence-corrected chi connectivity index (χ2v) is 6.81. The predicted octanol–water partition coefficient (Wildman–Crippen LogP) is 1.42. The molecule has 7 heteroatoms. The highest BCUT2D eigenvalue weighted by Crippen LogP contribution is 2.47. The lowest BCUT2D eigenvalue weighted by Gasteiger charge is -2.36. The smallest absolute Gasteiger partial charge is 0.238 e. The van der Waals surface area contributed by atoms with Crippen molar-refractivity contribution in [2.75, 3.05) is 31.1 Å². The molecule has 26 heavy (non-hydrogen) atoms. The molecule has 1 N–H and O–H groups in total. The van der Waals surface area contributed by atoms with Crippen LogP contribution in [0.5, 0.6) is 0 Å². The molecule has 0 unspecified atom stereocenters. The summed E-state index contributed by atoms with van der Waals surface area (Å²) in [6, 6.07) is 9.41. The first-order valence-corrected chi connectivity index (χ1v) is 8.95. The van der Waals surface area contributed by atoms with E-state index in [0.29, 0.717) is 38.2 Å². The molecule has 1 saturated carbocycles. The SMILES string of the molecule is O=C(NCc1ccco1)C1(C(=O)N2CCN(c3ccccn3)CC2)CC1. The van der Waals surface area contributed by atoms with Crippen molar-refractivity contribution in [2.45, 2.75) is 19.4 Å². The molecule has 1 saturated heterocycles. The van der Waals surface area contributed by atoms with E-state index in [9.17, 15) is 9.59 Å². The van der Waals surface area contributed by atoms with Gasteiger partial charge in [-0.15, -0.1) is 0 Å². The minimum atomic E-state index is -0.875. The van der Waals surface area contributed by atoms with Gasteiger partial charge in [0.1, 0.15) is 17.0 Å². The summed E-state index contributed by atoms with van der Waals surface area (Å²) in [5.41, 5.74) is -0.875. The Balaban J connectivity index is 1.33. The Morgan fingerprint density at radius 1 is 1.12 bits per heavy atom. The molecular weight excluding hydrogens is 332 g/mol. The molecule has 2 aromatic heterocycles. The number of hydrogen-bond donors (Lipinski definition) is 1. The maximum atomic E-state index is 12.9. The number of amides is 2. The van der Waals surface area contributed by atoms with Gasteiger partial charge in [0.05, 0.1) is 12.8 Å². The van der Waals surface area contributed by atoms with Gasteiger partial charge in [0.15, 0.2) is 0 Å². The molecule has 0 atom stereocenters. The van der Waals surface area contributed by atoms with Gasteiger partial charge in [0.2, 0.25) is 11.8 Å². The zero-order valence-corrected chi connectivity index (χ0v) is 14.6. The predicted molar refractivity (Wildman–Crippen MR) is 95.3 cm³/mol. The third kappa shape index (κ3) is 3.16. The minimum Gasteiger partial charge on any atom is -0.467 e. The van der Waals surface area contributed by atoms with Gasteiger partial charge in [-0.3, -0.25) is 9.59 Å². The van der Waals surface area contributed by atoms with Crippen LogP contribution in [0.15, 0.2) is 47.2 Å². The lowest BCUT2D eigenvalue weighted by molar-refractivity contribution is -0.144. The summed E-state index contributed by atoms with van der Waals surface area (Å²) in [6.45, 7) is 3.00. The third-order valence-corrected chi connectivity index (χ3v) is 5.14. The molecule has 3 heterocycles. The van der Waals surface area contributed by atoms with Crippen LogP contribution in [0.3, 0.4) is 0 Å². The van der Waals surface area contributed by atoms with Crippen molar-refractivity contribution in [1.82, 2.24) is 15.2 Å². The van der Waals surface area contributed by atoms with Gasteiger partial charge in [0, 0.05) is 32.4 Å². The standard InChI is InChI=1S/C19H22N4O3/c24-17(21-14-15-4-3-13-26-15)19(6-7-19)18(25)23-11-9-22(10-12-23)16-5-1-2-8-20-16/h1-5,8,13H,6-7,9-12,14H2,(H,21,24). The van der Waals surface area contributed by atoms with Crippen LogP contribution in [0.1, 0.15) is 18.6 Å². The van der Waals surface area contributed by atoms with Crippen molar-refractivity contribution >= 4 is 17.6 Å². The van der Waals surface area contributed by atoms with Crippen LogP contribution in [0.2, 0.25) is 0 Å². The van der Waals surface area contributed by atoms with E-state index in [1.807, 2.05) is 23.1 Å². The maximum Gasteiger partial charge on any atom is 0.238 e. The van der Waals surface area contributed by atoms with Gasteiger partial charge in [-0.2, -0.15) is 0 Å². The molecule has 2 amide bonds. The molecule has 2 aromatic rings. The average Bonchev–Trinajstić information content (AvgIpc) is 3.35. The van der Waals surface area contributed by atoms with E-state index in [0.717, 1.165) is 18.9 Å². The van der Waals surface area contributed by atoms with Gasteiger partial charge in [-0.05, 0) is 37.1 Å². The Labute approximate surface area is 152 Å². The normalized spacial score (nSPS) is 18.5. The fourth-order valence-electron chi connectivity index (χ4n) is 3.39. The number of aromatic nitrogens is 1. The van der Waals surface area contributed by atoms with E-state index in [1.165, 1.54) is 0 Å². The second kappa shape index (κ2) is 6.82. The summed E-state index contributed by atoms with van der Waals surface area (Å²) in [7, 11) is 0. The molecule has 136 valence electrons. The van der Waals surface area contributed by atoms with Crippen LogP contribution in [0.4, 0.5) is 5.82 Å². The highest BCUT2D eigenvalue weighted by atomic mass is 16.3. The fraction of sp³-hybridized carbons (Fsp3) is 0.421. The zero-order chi connectivity index (χ0) is 18.0. The van der Waals surface area contributed by atoms with E-state index < -0.39 is 5.41 Å². The number of furan rings is 1. The zero-order valence-electron chi connectivity index (χ0n) is 14.6. The molecule has 7 nitrogen and oxygen atoms in total. The molecule has 2 fully saturated rings. The number of carbonyl (C=O) groups is 2. The number of nitrogens with one attached hydrogen (secondary N) is 1. The average molecular weight is 354 g/mol. The van der Waals surface area contributed by atoms with Crippen molar-refractivity contribution in [2.24, 2.45) is 5.41 Å². The van der Waals surface area contributed by atoms with E-state index in [2.05, 4.69) is 15.2 Å². The number of pyridine rings is 1. The minimum absolute atomic E-state index is 0.0462. The first kappa shape index (κ1) is 16.6. The van der Waals surface area contributed by atoms with Gasteiger partial charge < -0.3 is 19.5 Å². The van der Waals surface area contributed by atoms with Gasteiger partial charge in [-0.1, -0.05) is 6.07 Å². The molecular formula is C19H22N4O3. The largest absolute Gasteiger partial charge is 0.467 e. The van der Waals surface area contributed by atoms with Gasteiger partial charge in [0.25, 0.3) is 0 Å². The fourth-order valence-corrected chi connectivity index (χ4v) is 3.39. The highest BCUT2D eigenvalue weighted by Gasteiger charge is 2.58. The summed E-state index contributed by atoms with van der Waals surface area (Å²) in [6.07, 6.45) is 4.59. The highest BCUT2D eigenvalue weighted by molar-refractivity contribution is 6.07. The Morgan fingerprint density at radius 3 is 2.54 bits per heavy atom. The first-order valence-electron chi connectivity index (χ1n) is 8.95. The van der Waals surface area contributed by atoms with Crippen LogP contribution in [-0.4, -0.2) is 47.9 Å². The number of hydrogen-bond acceptors (Lipinski definition) is 5. The van der Waals surface area contributed by atoms with Crippen molar-refractivity contribution in [3.8, 4) is 0 Å². The lowest BCUT2D eigenvalue weighted by Crippen LogP contribution is -2.53. The summed E-state index contributed by atoms with van der Waals surface area (Å²) < 4.78 is 5.23. The van der Waals surface area contributed by atoms with E-state index in [4.69, 9.17) is 4.42 Å². The topological polar surface area (TPSA) is 78.7 Å². The number of rotatable bonds is 5. The summed E-state index contributed by atoms with van der Waals surface area (Å²) >= 11 is 0. The van der Waals surface area contributed by atoms with Crippen LogP contribution in [0, 0.1) is 5.41 Å². The molecule has 4 rings (SSSR count). The lowest BCUT2D eigenvalue weighted by atomic mass is 10.0. The molecule has 0 spiro atoms. The Bertz CT molecular complexity index is 763. The number of nitrogens with zero attached hydrogens (tertiary/aromatic N) is 3. The van der Waals surface area contributed by atoms with Crippen LogP contribution in [-0.2, 0) is 16.1 Å². The number of anilines is 1. The Hall–Kier alpha value is -2.83. The van der Waals surface area contributed by atoms with Crippen molar-refractivity contribution in [3.63, 3.8) is 0 Å². The summed E-state index contributed by atoms with van der Waals surface area (Å²) in [5.74, 6) is 1.38. The van der Waals surface area contributed by atoms with E-state index in [1.54, 1.807) is 24.6 Å². The monoisotopic (exact) mass is 354 g/mol. The molecule has 0 aromatic carbocycles. The van der Waals surface area contributed by atoms with Crippen molar-refractivity contribution < 1.29 is 14.0 Å². The maximum absolute atomic E-state index is 12.9. The summed E-state index contributed by atoms with van der Waals surface area (Å²) in [4.78, 5) is 33.9. The molecule has 2 aliphatic rings. The van der Waals surface area contributed by atoms with Crippen molar-refractivity contribution in [1.29, 1.82) is 0 Å². The van der Waals surface area contributed by atoms with E-state index >= 15 is 0 Å². The second-order valence-electron chi connectivity index (χ2n) is 6.81. The molecule has 1 aliphatic carbocycles. The van der Waals surface area contributed by atoms with E-state index in [-0.39, 0.29) is 11.8 Å². The summed E-state index contributed by atoms with van der Waals surface area (Å²) in [5, 5.41) is 2.84.